The van der Waals surface area contributed by atoms with Gasteiger partial charge in [-0.25, -0.2) is 0 Å². The molecule has 0 fully saturated rings. The highest BCUT2D eigenvalue weighted by Gasteiger charge is 2.03. The zero-order chi connectivity index (χ0) is 6.57. The third kappa shape index (κ3) is 2.75. The van der Waals surface area contributed by atoms with Gasteiger partial charge in [-0.1, -0.05) is 6.92 Å². The van der Waals surface area contributed by atoms with Crippen molar-refractivity contribution in [1.82, 2.24) is 0 Å². The number of hydrogen-bond donors (Lipinski definition) is 1. The standard InChI is InChI=1S/C6H13NO/c1-5(3-4-7)6(2)8/h5H,3-4,7H2,1-2H3/t5-/m0/s1. The molecule has 0 aliphatic heterocycles. The van der Waals surface area contributed by atoms with Gasteiger partial charge in [0.05, 0.1) is 0 Å². The average Bonchev–Trinajstić information content (AvgIpc) is 1.67. The topological polar surface area (TPSA) is 43.1 Å². The van der Waals surface area contributed by atoms with E-state index in [1.165, 1.54) is 0 Å². The lowest BCUT2D eigenvalue weighted by molar-refractivity contribution is -0.120. The van der Waals surface area contributed by atoms with Crippen LogP contribution in [-0.4, -0.2) is 12.3 Å². The SMILES string of the molecule is CC(=O)[C@@H](C)CCN. The fourth-order valence-corrected chi connectivity index (χ4v) is 0.453. The Morgan fingerprint density at radius 2 is 2.25 bits per heavy atom. The highest BCUT2D eigenvalue weighted by Crippen LogP contribution is 1.99. The molecule has 0 rings (SSSR count). The van der Waals surface area contributed by atoms with Gasteiger partial charge >= 0.3 is 0 Å². The fourth-order valence-electron chi connectivity index (χ4n) is 0.453. The van der Waals surface area contributed by atoms with Crippen LogP contribution in [0.4, 0.5) is 0 Å². The second-order valence-electron chi connectivity index (χ2n) is 2.09. The van der Waals surface area contributed by atoms with E-state index in [1.807, 2.05) is 6.92 Å². The Bertz CT molecular complexity index is 80.6. The summed E-state index contributed by atoms with van der Waals surface area (Å²) in [5.41, 5.74) is 5.22. The van der Waals surface area contributed by atoms with Crippen LogP contribution in [0, 0.1) is 5.92 Å². The van der Waals surface area contributed by atoms with Crippen molar-refractivity contribution < 1.29 is 4.79 Å². The maximum atomic E-state index is 10.5. The molecule has 0 unspecified atom stereocenters. The first-order valence-corrected chi connectivity index (χ1v) is 2.89. The van der Waals surface area contributed by atoms with E-state index >= 15 is 0 Å². The molecule has 0 radical (unpaired) electrons. The van der Waals surface area contributed by atoms with Crippen LogP contribution in [0.15, 0.2) is 0 Å². The molecule has 0 spiro atoms. The molecular formula is C6H13NO. The molecule has 2 nitrogen and oxygen atoms in total. The van der Waals surface area contributed by atoms with Gasteiger partial charge in [-0.3, -0.25) is 4.79 Å². The summed E-state index contributed by atoms with van der Waals surface area (Å²) in [6.07, 6.45) is 0.815. The van der Waals surface area contributed by atoms with E-state index < -0.39 is 0 Å². The van der Waals surface area contributed by atoms with Crippen LogP contribution in [0.2, 0.25) is 0 Å². The summed E-state index contributed by atoms with van der Waals surface area (Å²) in [4.78, 5) is 10.5. The van der Waals surface area contributed by atoms with Crippen molar-refractivity contribution in [2.45, 2.75) is 20.3 Å². The van der Waals surface area contributed by atoms with Crippen LogP contribution < -0.4 is 5.73 Å². The summed E-state index contributed by atoms with van der Waals surface area (Å²) in [7, 11) is 0. The third-order valence-electron chi connectivity index (χ3n) is 1.29. The quantitative estimate of drug-likeness (QED) is 0.584. The molecule has 2 N–H and O–H groups in total. The van der Waals surface area contributed by atoms with E-state index in [1.54, 1.807) is 6.92 Å². The van der Waals surface area contributed by atoms with E-state index in [4.69, 9.17) is 5.73 Å². The second-order valence-corrected chi connectivity index (χ2v) is 2.09. The van der Waals surface area contributed by atoms with Crippen molar-refractivity contribution in [3.63, 3.8) is 0 Å². The molecule has 8 heavy (non-hydrogen) atoms. The molecular weight excluding hydrogens is 102 g/mol. The normalized spacial score (nSPS) is 13.4. The molecule has 0 aromatic rings. The third-order valence-corrected chi connectivity index (χ3v) is 1.29. The van der Waals surface area contributed by atoms with E-state index in [0.29, 0.717) is 6.54 Å². The summed E-state index contributed by atoms with van der Waals surface area (Å²) >= 11 is 0. The minimum Gasteiger partial charge on any atom is -0.330 e. The smallest absolute Gasteiger partial charge is 0.132 e. The fraction of sp³-hybridized carbons (Fsp3) is 0.833. The van der Waals surface area contributed by atoms with Crippen LogP contribution in [0.5, 0.6) is 0 Å². The molecule has 0 aliphatic carbocycles. The molecule has 48 valence electrons. The predicted octanol–water partition coefficient (Wildman–Crippen LogP) is 0.560. The molecule has 0 heterocycles. The minimum absolute atomic E-state index is 0.153. The zero-order valence-electron chi connectivity index (χ0n) is 5.48. The van der Waals surface area contributed by atoms with E-state index in [0.717, 1.165) is 6.42 Å². The molecule has 2 heteroatoms. The van der Waals surface area contributed by atoms with Gasteiger partial charge in [0, 0.05) is 5.92 Å². The Kier molecular flexibility index (Phi) is 3.44. The van der Waals surface area contributed by atoms with Crippen LogP contribution in [-0.2, 0) is 4.79 Å². The number of nitrogens with two attached hydrogens (primary N) is 1. The first kappa shape index (κ1) is 7.63. The molecule has 0 aromatic heterocycles. The van der Waals surface area contributed by atoms with Gasteiger partial charge in [0.25, 0.3) is 0 Å². The van der Waals surface area contributed by atoms with Crippen molar-refractivity contribution in [2.75, 3.05) is 6.54 Å². The van der Waals surface area contributed by atoms with Crippen LogP contribution >= 0.6 is 0 Å². The van der Waals surface area contributed by atoms with Crippen molar-refractivity contribution in [3.8, 4) is 0 Å². The number of Topliss-reactive ketones (excluding diaryl/α,β-unsaturated/α-hetero) is 1. The summed E-state index contributed by atoms with van der Waals surface area (Å²) in [6.45, 7) is 4.11. The van der Waals surface area contributed by atoms with E-state index in [-0.39, 0.29) is 11.7 Å². The lowest BCUT2D eigenvalue weighted by Crippen LogP contribution is -2.11. The van der Waals surface area contributed by atoms with E-state index in [9.17, 15) is 4.79 Å². The van der Waals surface area contributed by atoms with Gasteiger partial charge < -0.3 is 5.73 Å². The number of carbonyl (C=O) groups excluding carboxylic acids is 1. The molecule has 1 atom stereocenters. The average molecular weight is 115 g/mol. The monoisotopic (exact) mass is 115 g/mol. The lowest BCUT2D eigenvalue weighted by Gasteiger charge is -2.01. The summed E-state index contributed by atoms with van der Waals surface area (Å²) in [5, 5.41) is 0. The Balaban J connectivity index is 3.32. The summed E-state index contributed by atoms with van der Waals surface area (Å²) in [6, 6.07) is 0. The van der Waals surface area contributed by atoms with E-state index in [2.05, 4.69) is 0 Å². The van der Waals surface area contributed by atoms with Gasteiger partial charge in [0.1, 0.15) is 5.78 Å². The first-order valence-electron chi connectivity index (χ1n) is 2.89. The Labute approximate surface area is 50.1 Å². The largest absolute Gasteiger partial charge is 0.330 e. The maximum absolute atomic E-state index is 10.5. The highest BCUT2D eigenvalue weighted by molar-refractivity contribution is 5.77. The van der Waals surface area contributed by atoms with Gasteiger partial charge in [0.2, 0.25) is 0 Å². The van der Waals surface area contributed by atoms with Crippen molar-refractivity contribution in [2.24, 2.45) is 11.7 Å². The van der Waals surface area contributed by atoms with Crippen LogP contribution in [0.25, 0.3) is 0 Å². The second kappa shape index (κ2) is 3.61. The number of ketones is 1. The van der Waals surface area contributed by atoms with Gasteiger partial charge in [-0.05, 0) is 19.9 Å². The Morgan fingerprint density at radius 1 is 1.75 bits per heavy atom. The molecule has 0 aliphatic rings. The molecule has 0 aromatic carbocycles. The van der Waals surface area contributed by atoms with Crippen LogP contribution in [0.3, 0.4) is 0 Å². The van der Waals surface area contributed by atoms with Crippen molar-refractivity contribution in [3.05, 3.63) is 0 Å². The summed E-state index contributed by atoms with van der Waals surface area (Å²) in [5.74, 6) is 0.385. The van der Waals surface area contributed by atoms with Crippen molar-refractivity contribution >= 4 is 5.78 Å². The highest BCUT2D eigenvalue weighted by atomic mass is 16.1. The number of rotatable bonds is 3. The molecule has 0 saturated heterocycles. The first-order chi connectivity index (χ1) is 3.68. The zero-order valence-corrected chi connectivity index (χ0v) is 5.48. The van der Waals surface area contributed by atoms with Gasteiger partial charge in [-0.2, -0.15) is 0 Å². The predicted molar refractivity (Wildman–Crippen MR) is 33.5 cm³/mol. The Hall–Kier alpha value is -0.370. The Morgan fingerprint density at radius 3 is 2.38 bits per heavy atom. The molecule has 0 bridgehead atoms. The van der Waals surface area contributed by atoms with Crippen LogP contribution in [0.1, 0.15) is 20.3 Å². The maximum Gasteiger partial charge on any atom is 0.132 e. The number of carbonyl (C=O) groups is 1. The lowest BCUT2D eigenvalue weighted by atomic mass is 10.0. The number of hydrogen-bond acceptors (Lipinski definition) is 2. The van der Waals surface area contributed by atoms with Gasteiger partial charge in [-0.15, -0.1) is 0 Å². The molecule has 0 saturated carbocycles. The molecule has 0 amide bonds. The minimum atomic E-state index is 0.153. The summed E-state index contributed by atoms with van der Waals surface area (Å²) < 4.78 is 0. The van der Waals surface area contributed by atoms with Gasteiger partial charge in [0.15, 0.2) is 0 Å². The van der Waals surface area contributed by atoms with Crippen molar-refractivity contribution in [1.29, 1.82) is 0 Å².